The minimum atomic E-state index is 0. The maximum atomic E-state index is 4.69. The van der Waals surface area contributed by atoms with E-state index in [1.807, 2.05) is 55.5 Å². The Balaban J connectivity index is 0.000000202. The van der Waals surface area contributed by atoms with Crippen LogP contribution in [0.25, 0.3) is 33.6 Å². The van der Waals surface area contributed by atoms with Crippen LogP contribution in [0.2, 0.25) is 0 Å². The molecule has 5 rings (SSSR count). The Hall–Kier alpha value is -3.39. The van der Waals surface area contributed by atoms with E-state index in [1.54, 1.807) is 6.20 Å². The van der Waals surface area contributed by atoms with Crippen LogP contribution in [0.1, 0.15) is 11.3 Å². The van der Waals surface area contributed by atoms with Gasteiger partial charge >= 0.3 is 0 Å². The van der Waals surface area contributed by atoms with Crippen molar-refractivity contribution in [3.8, 4) is 33.6 Å². The number of nitrogens with zero attached hydrogens (tertiary/aromatic N) is 2. The fraction of sp³-hybridized carbons (Fsp3) is 0.0667. The normalized spacial score (nSPS) is 9.88. The summed E-state index contributed by atoms with van der Waals surface area (Å²) >= 11 is 0. The molecule has 0 unspecified atom stereocenters. The molecule has 0 amide bonds. The van der Waals surface area contributed by atoms with Crippen LogP contribution in [0.15, 0.2) is 115 Å². The van der Waals surface area contributed by atoms with Gasteiger partial charge in [-0.3, -0.25) is 4.98 Å². The van der Waals surface area contributed by atoms with Crippen molar-refractivity contribution in [1.82, 2.24) is 9.97 Å². The van der Waals surface area contributed by atoms with Crippen LogP contribution in [-0.2, 0) is 20.1 Å². The predicted octanol–water partition coefficient (Wildman–Crippen LogP) is 7.58. The van der Waals surface area contributed by atoms with Gasteiger partial charge in [-0.1, -0.05) is 66.7 Å². The molecule has 33 heavy (non-hydrogen) atoms. The van der Waals surface area contributed by atoms with E-state index in [0.717, 1.165) is 22.6 Å². The number of aromatic nitrogens is 2. The van der Waals surface area contributed by atoms with E-state index in [2.05, 4.69) is 78.6 Å². The molecule has 2 aromatic heterocycles. The van der Waals surface area contributed by atoms with E-state index in [0.29, 0.717) is 0 Å². The van der Waals surface area contributed by atoms with Crippen molar-refractivity contribution < 1.29 is 20.1 Å². The Labute approximate surface area is 209 Å². The van der Waals surface area contributed by atoms with Crippen molar-refractivity contribution in [1.29, 1.82) is 0 Å². The zero-order valence-corrected chi connectivity index (χ0v) is 21.1. The smallest absolute Gasteiger partial charge is 0.0714 e. The van der Waals surface area contributed by atoms with Gasteiger partial charge in [-0.25, -0.2) is 0 Å². The summed E-state index contributed by atoms with van der Waals surface area (Å²) < 4.78 is 0. The summed E-state index contributed by atoms with van der Waals surface area (Å²) in [6.07, 6.45) is 1.79. The maximum Gasteiger partial charge on any atom is 0.0714 e. The van der Waals surface area contributed by atoms with Gasteiger partial charge in [-0.05, 0) is 54.4 Å². The zero-order valence-electron chi connectivity index (χ0n) is 18.7. The molecule has 0 N–H and O–H groups in total. The van der Waals surface area contributed by atoms with E-state index in [4.69, 9.17) is 4.98 Å². The molecule has 0 saturated heterocycles. The Morgan fingerprint density at radius 1 is 0.636 bits per heavy atom. The van der Waals surface area contributed by atoms with Gasteiger partial charge in [0.05, 0.1) is 5.69 Å². The molecule has 2 nitrogen and oxygen atoms in total. The first-order valence-electron chi connectivity index (χ1n) is 10.7. The summed E-state index contributed by atoms with van der Waals surface area (Å²) in [4.78, 5) is 8.91. The van der Waals surface area contributed by atoms with Gasteiger partial charge in [-0.15, -0.1) is 35.9 Å². The first kappa shape index (κ1) is 24.3. The number of rotatable bonds is 3. The molecule has 0 fully saturated rings. The molecular formula is C30H25IrN2-. The third kappa shape index (κ3) is 6.55. The second-order valence-electron chi connectivity index (χ2n) is 7.55. The maximum absolute atomic E-state index is 4.69. The van der Waals surface area contributed by atoms with Gasteiger partial charge in [0.25, 0.3) is 0 Å². The molecule has 0 aliphatic rings. The average molecular weight is 606 g/mol. The Bertz CT molecular complexity index is 1230. The van der Waals surface area contributed by atoms with Crippen LogP contribution in [0.3, 0.4) is 0 Å². The Morgan fingerprint density at radius 3 is 2.06 bits per heavy atom. The summed E-state index contributed by atoms with van der Waals surface area (Å²) in [5.41, 5.74) is 9.00. The average Bonchev–Trinajstić information content (AvgIpc) is 2.86. The minimum absolute atomic E-state index is 0. The first-order valence-corrected chi connectivity index (χ1v) is 10.7. The summed E-state index contributed by atoms with van der Waals surface area (Å²) in [5.74, 6) is 0. The monoisotopic (exact) mass is 606 g/mol. The summed E-state index contributed by atoms with van der Waals surface area (Å²) in [6.45, 7) is 4.18. The standard InChI is InChI=1S/C19H17N.C11H8N.Ir/c1-14-8-6-7-11-18(14)19-13-17(12-15(2)20-19)16-9-4-3-5-10-16;1-2-6-10(7-3-1)11-8-4-5-9-12-11;/h3-13H,1-2H3;1-6,8-9H;/q;-1;. The van der Waals surface area contributed by atoms with E-state index < -0.39 is 0 Å². The third-order valence-electron chi connectivity index (χ3n) is 5.13. The van der Waals surface area contributed by atoms with E-state index in [1.165, 1.54) is 22.3 Å². The molecule has 0 atom stereocenters. The van der Waals surface area contributed by atoms with Gasteiger partial charge in [0.1, 0.15) is 0 Å². The van der Waals surface area contributed by atoms with E-state index in [9.17, 15) is 0 Å². The second kappa shape index (κ2) is 12.0. The first-order chi connectivity index (χ1) is 15.7. The van der Waals surface area contributed by atoms with E-state index in [-0.39, 0.29) is 20.1 Å². The van der Waals surface area contributed by atoms with E-state index >= 15 is 0 Å². The Kier molecular flexibility index (Phi) is 8.83. The molecule has 5 aromatic rings. The SMILES string of the molecule is Cc1cc(-c2ccccc2)cc(-c2ccccc2C)n1.[Ir].[c-]1ccccc1-c1ccccn1. The quantitative estimate of drug-likeness (QED) is 0.198. The van der Waals surface area contributed by atoms with Crippen molar-refractivity contribution in [2.24, 2.45) is 0 Å². The number of benzene rings is 3. The van der Waals surface area contributed by atoms with Crippen molar-refractivity contribution in [3.05, 3.63) is 133 Å². The molecule has 2 heterocycles. The number of hydrogen-bond acceptors (Lipinski definition) is 2. The molecule has 3 heteroatoms. The summed E-state index contributed by atoms with van der Waals surface area (Å²) in [6, 6.07) is 40.0. The van der Waals surface area contributed by atoms with Crippen LogP contribution in [0.4, 0.5) is 0 Å². The Morgan fingerprint density at radius 2 is 1.36 bits per heavy atom. The van der Waals surface area contributed by atoms with Gasteiger partial charge in [0.2, 0.25) is 0 Å². The predicted molar refractivity (Wildman–Crippen MR) is 133 cm³/mol. The molecule has 1 radical (unpaired) electrons. The molecule has 0 bridgehead atoms. The van der Waals surface area contributed by atoms with Crippen molar-refractivity contribution in [3.63, 3.8) is 0 Å². The van der Waals surface area contributed by atoms with Gasteiger partial charge in [0.15, 0.2) is 0 Å². The van der Waals surface area contributed by atoms with Crippen molar-refractivity contribution >= 4 is 0 Å². The van der Waals surface area contributed by atoms with Crippen LogP contribution in [0, 0.1) is 19.9 Å². The fourth-order valence-corrected chi connectivity index (χ4v) is 3.54. The van der Waals surface area contributed by atoms with Crippen molar-refractivity contribution in [2.45, 2.75) is 13.8 Å². The van der Waals surface area contributed by atoms with Crippen LogP contribution in [-0.4, -0.2) is 9.97 Å². The molecule has 0 spiro atoms. The molecule has 165 valence electrons. The van der Waals surface area contributed by atoms with Gasteiger partial charge in [-0.2, -0.15) is 0 Å². The molecule has 0 aliphatic carbocycles. The van der Waals surface area contributed by atoms with Crippen molar-refractivity contribution in [2.75, 3.05) is 0 Å². The van der Waals surface area contributed by atoms with Gasteiger partial charge < -0.3 is 4.98 Å². The fourth-order valence-electron chi connectivity index (χ4n) is 3.54. The largest absolute Gasteiger partial charge is 0.305 e. The molecular weight excluding hydrogens is 581 g/mol. The number of pyridine rings is 2. The third-order valence-corrected chi connectivity index (χ3v) is 5.13. The molecule has 3 aromatic carbocycles. The van der Waals surface area contributed by atoms with Crippen LogP contribution >= 0.6 is 0 Å². The molecule has 0 aliphatic heterocycles. The summed E-state index contributed by atoms with van der Waals surface area (Å²) in [7, 11) is 0. The minimum Gasteiger partial charge on any atom is -0.305 e. The van der Waals surface area contributed by atoms with Gasteiger partial charge in [0, 0.05) is 37.6 Å². The summed E-state index contributed by atoms with van der Waals surface area (Å²) in [5, 5.41) is 0. The number of aryl methyl sites for hydroxylation is 2. The van der Waals surface area contributed by atoms with Crippen LogP contribution in [0.5, 0.6) is 0 Å². The second-order valence-corrected chi connectivity index (χ2v) is 7.55. The number of hydrogen-bond donors (Lipinski definition) is 0. The molecule has 0 saturated carbocycles. The van der Waals surface area contributed by atoms with Crippen LogP contribution < -0.4 is 0 Å². The topological polar surface area (TPSA) is 25.8 Å². The zero-order chi connectivity index (χ0) is 22.2.